The van der Waals surface area contributed by atoms with Gasteiger partial charge in [-0.1, -0.05) is 6.58 Å². The second-order valence-electron chi connectivity index (χ2n) is 0.600. The summed E-state index contributed by atoms with van der Waals surface area (Å²) in [4.78, 5) is 12.1. The Hall–Kier alpha value is 0.400. The van der Waals surface area contributed by atoms with Gasteiger partial charge in [0.05, 0.1) is 0 Å². The van der Waals surface area contributed by atoms with E-state index in [1.807, 2.05) is 0 Å². The Bertz CT molecular complexity index is 80.2. The third-order valence-electron chi connectivity index (χ3n) is 0.243. The van der Waals surface area contributed by atoms with Crippen LogP contribution >= 0.6 is 0 Å². The van der Waals surface area contributed by atoms with Crippen LogP contribution in [0.4, 0.5) is 4.53 Å². The Labute approximate surface area is 73.2 Å². The fourth-order valence-corrected chi connectivity index (χ4v) is 0.0315. The third kappa shape index (κ3) is 6.40. The molecule has 0 aromatic carbocycles. The standard InChI is InChI=1S/C3H3FO2.Ca.2H/c1-2-3(5)6-4;;;/h2H,1H2;;;/q;+2;2*-1. The maximum Gasteiger partial charge on any atom is 2.00 e. The van der Waals surface area contributed by atoms with E-state index in [4.69, 9.17) is 0 Å². The molecule has 0 aromatic rings. The van der Waals surface area contributed by atoms with E-state index in [9.17, 15) is 9.32 Å². The Morgan fingerprint density at radius 1 is 2.00 bits per heavy atom. The topological polar surface area (TPSA) is 26.3 Å². The first kappa shape index (κ1) is 10.4. The normalized spacial score (nSPS) is 5.86. The summed E-state index contributed by atoms with van der Waals surface area (Å²) in [5.74, 6) is -1.06. The van der Waals surface area contributed by atoms with E-state index in [0.717, 1.165) is 6.08 Å². The molecule has 0 aliphatic rings. The van der Waals surface area contributed by atoms with Gasteiger partial charge in [-0.3, -0.25) is 4.94 Å². The molecule has 0 N–H and O–H groups in total. The molecule has 0 aromatic heterocycles. The summed E-state index contributed by atoms with van der Waals surface area (Å²) < 4.78 is 10.5. The Balaban J connectivity index is -0.0000000417. The van der Waals surface area contributed by atoms with Crippen LogP contribution in [-0.4, -0.2) is 43.7 Å². The molecule has 0 atom stereocenters. The van der Waals surface area contributed by atoms with Gasteiger partial charge in [0, 0.05) is 10.6 Å². The molecule has 0 aliphatic carbocycles. The van der Waals surface area contributed by atoms with Gasteiger partial charge in [0.1, 0.15) is 0 Å². The van der Waals surface area contributed by atoms with Gasteiger partial charge in [0.25, 0.3) is 0 Å². The number of carbonyl (C=O) groups is 1. The zero-order valence-corrected chi connectivity index (χ0v) is 5.89. The number of hydrogen-bond donors (Lipinski definition) is 0. The summed E-state index contributed by atoms with van der Waals surface area (Å²) in [6.07, 6.45) is 0.736. The van der Waals surface area contributed by atoms with Crippen molar-refractivity contribution in [2.45, 2.75) is 0 Å². The summed E-state index contributed by atoms with van der Waals surface area (Å²) in [7, 11) is 0. The quantitative estimate of drug-likeness (QED) is 0.382. The van der Waals surface area contributed by atoms with Crippen LogP contribution in [0.2, 0.25) is 0 Å². The largest absolute Gasteiger partial charge is 2.00 e. The molecular weight excluding hydrogens is 127 g/mol. The number of carbonyl (C=O) groups excluding carboxylic acids is 1. The Kier molecular flexibility index (Phi) is 9.50. The van der Waals surface area contributed by atoms with Gasteiger partial charge < -0.3 is 2.85 Å². The van der Waals surface area contributed by atoms with E-state index in [1.54, 1.807) is 0 Å². The average molecular weight is 132 g/mol. The van der Waals surface area contributed by atoms with Crippen molar-refractivity contribution >= 4 is 43.7 Å². The van der Waals surface area contributed by atoms with Gasteiger partial charge >= 0.3 is 43.7 Å². The first-order valence-electron chi connectivity index (χ1n) is 1.26. The van der Waals surface area contributed by atoms with Gasteiger partial charge in [-0.15, -0.1) is 0 Å². The first-order valence-corrected chi connectivity index (χ1v) is 1.26. The van der Waals surface area contributed by atoms with Crippen molar-refractivity contribution < 1.29 is 17.1 Å². The fraction of sp³-hybridized carbons (Fsp3) is 0. The summed E-state index contributed by atoms with van der Waals surface area (Å²) >= 11 is 0. The molecule has 0 bridgehead atoms. The molecule has 0 saturated heterocycles. The number of rotatable bonds is 1. The van der Waals surface area contributed by atoms with Gasteiger partial charge in [0.2, 0.25) is 0 Å². The van der Waals surface area contributed by atoms with Crippen molar-refractivity contribution in [3.63, 3.8) is 0 Å². The minimum atomic E-state index is -1.06. The van der Waals surface area contributed by atoms with Gasteiger partial charge in [-0.2, -0.15) is 0 Å². The molecule has 0 saturated carbocycles. The average Bonchev–Trinajstić information content (AvgIpc) is 1.65. The summed E-state index contributed by atoms with van der Waals surface area (Å²) in [6, 6.07) is 0. The van der Waals surface area contributed by atoms with E-state index < -0.39 is 5.97 Å². The van der Waals surface area contributed by atoms with Crippen LogP contribution in [0.5, 0.6) is 0 Å². The monoisotopic (exact) mass is 132 g/mol. The molecule has 0 spiro atoms. The minimum Gasteiger partial charge on any atom is -1.00 e. The van der Waals surface area contributed by atoms with Crippen molar-refractivity contribution in [2.24, 2.45) is 0 Å². The first-order chi connectivity index (χ1) is 2.81. The third-order valence-corrected chi connectivity index (χ3v) is 0.243. The van der Waals surface area contributed by atoms with Crippen LogP contribution in [0.15, 0.2) is 12.7 Å². The Morgan fingerprint density at radius 2 is 2.43 bits per heavy atom. The van der Waals surface area contributed by atoms with Crippen molar-refractivity contribution in [2.75, 3.05) is 0 Å². The molecule has 0 heterocycles. The molecule has 0 unspecified atom stereocenters. The van der Waals surface area contributed by atoms with Crippen LogP contribution in [0.25, 0.3) is 0 Å². The molecular formula is C3H5CaFO2. The SMILES string of the molecule is C=CC(=O)OF.[Ca+2].[H-].[H-]. The predicted molar refractivity (Wildman–Crippen MR) is 25.4 cm³/mol. The van der Waals surface area contributed by atoms with Crippen molar-refractivity contribution in [3.8, 4) is 0 Å². The molecule has 0 rings (SSSR count). The van der Waals surface area contributed by atoms with Crippen molar-refractivity contribution in [1.29, 1.82) is 0 Å². The summed E-state index contributed by atoms with van der Waals surface area (Å²) in [6.45, 7) is 2.92. The molecule has 0 fully saturated rings. The van der Waals surface area contributed by atoms with Crippen LogP contribution in [-0.2, 0) is 9.74 Å². The van der Waals surface area contributed by atoms with E-state index in [-0.39, 0.29) is 40.6 Å². The van der Waals surface area contributed by atoms with Gasteiger partial charge in [-0.25, -0.2) is 4.79 Å². The van der Waals surface area contributed by atoms with Gasteiger partial charge in [0.15, 0.2) is 0 Å². The maximum atomic E-state index is 10.5. The van der Waals surface area contributed by atoms with Crippen molar-refractivity contribution in [1.82, 2.24) is 0 Å². The van der Waals surface area contributed by atoms with Gasteiger partial charge in [-0.05, 0) is 0 Å². The molecule has 2 nitrogen and oxygen atoms in total. The second-order valence-corrected chi connectivity index (χ2v) is 0.600. The second kappa shape index (κ2) is 6.40. The van der Waals surface area contributed by atoms with Crippen LogP contribution in [0.1, 0.15) is 2.85 Å². The molecule has 38 valence electrons. The summed E-state index contributed by atoms with van der Waals surface area (Å²) in [5, 5.41) is 0. The maximum absolute atomic E-state index is 10.5. The van der Waals surface area contributed by atoms with Crippen LogP contribution in [0.3, 0.4) is 0 Å². The molecule has 0 aliphatic heterocycles. The van der Waals surface area contributed by atoms with Crippen LogP contribution in [0, 0.1) is 0 Å². The fourth-order valence-electron chi connectivity index (χ4n) is 0.0315. The minimum absolute atomic E-state index is 0. The smallest absolute Gasteiger partial charge is 1.00 e. The number of halogens is 1. The van der Waals surface area contributed by atoms with E-state index in [1.165, 1.54) is 0 Å². The molecule has 0 amide bonds. The van der Waals surface area contributed by atoms with Crippen molar-refractivity contribution in [3.05, 3.63) is 12.7 Å². The van der Waals surface area contributed by atoms with E-state index in [0.29, 0.717) is 0 Å². The zero-order chi connectivity index (χ0) is 4.99. The molecule has 7 heavy (non-hydrogen) atoms. The number of hydrogen-bond acceptors (Lipinski definition) is 2. The summed E-state index contributed by atoms with van der Waals surface area (Å²) in [5.41, 5.74) is 0. The van der Waals surface area contributed by atoms with E-state index >= 15 is 0 Å². The van der Waals surface area contributed by atoms with Crippen LogP contribution < -0.4 is 0 Å². The predicted octanol–water partition coefficient (Wildman–Crippen LogP) is 0.444. The zero-order valence-electron chi connectivity index (χ0n) is 5.69. The molecule has 4 heteroatoms. The Morgan fingerprint density at radius 3 is 2.43 bits per heavy atom. The molecule has 0 radical (unpaired) electrons. The van der Waals surface area contributed by atoms with E-state index in [2.05, 4.69) is 11.5 Å².